The van der Waals surface area contributed by atoms with Crippen molar-refractivity contribution in [3.8, 4) is 0 Å². The second-order valence-corrected chi connectivity index (χ2v) is 4.91. The highest BCUT2D eigenvalue weighted by Crippen LogP contribution is 2.23. The van der Waals surface area contributed by atoms with E-state index in [9.17, 15) is 10.1 Å². The normalized spacial score (nSPS) is 10.2. The molecule has 21 heavy (non-hydrogen) atoms. The van der Waals surface area contributed by atoms with Crippen LogP contribution >= 0.6 is 11.6 Å². The lowest BCUT2D eigenvalue weighted by atomic mass is 10.1. The van der Waals surface area contributed by atoms with Crippen molar-refractivity contribution in [1.29, 1.82) is 0 Å². The number of nitrogens with zero attached hydrogens (tertiary/aromatic N) is 1. The number of non-ortho nitro benzene ring substituents is 1. The van der Waals surface area contributed by atoms with E-state index >= 15 is 0 Å². The Balaban J connectivity index is 2.00. The number of benzene rings is 2. The third-order valence-corrected chi connectivity index (χ3v) is 3.20. The Morgan fingerprint density at radius 2 is 1.81 bits per heavy atom. The van der Waals surface area contributed by atoms with Crippen LogP contribution in [0.2, 0.25) is 5.02 Å². The molecule has 2 aromatic rings. The molecule has 0 heterocycles. The second-order valence-electron chi connectivity index (χ2n) is 4.47. The number of halogens is 1. The lowest BCUT2D eigenvalue weighted by Crippen LogP contribution is -2.09. The first-order valence-corrected chi connectivity index (χ1v) is 6.70. The van der Waals surface area contributed by atoms with E-state index in [1.807, 2.05) is 24.3 Å². The Kier molecular flexibility index (Phi) is 4.97. The van der Waals surface area contributed by atoms with Crippen molar-refractivity contribution in [3.63, 3.8) is 0 Å². The average Bonchev–Trinajstić information content (AvgIpc) is 2.49. The topological polar surface area (TPSA) is 93.2 Å². The van der Waals surface area contributed by atoms with Crippen molar-refractivity contribution in [2.45, 2.75) is 6.42 Å². The minimum atomic E-state index is -0.453. The Morgan fingerprint density at radius 3 is 2.43 bits per heavy atom. The van der Waals surface area contributed by atoms with Crippen LogP contribution in [0.3, 0.4) is 0 Å². The summed E-state index contributed by atoms with van der Waals surface area (Å²) >= 11 is 5.82. The van der Waals surface area contributed by atoms with Gasteiger partial charge in [-0.3, -0.25) is 16.0 Å². The summed E-state index contributed by atoms with van der Waals surface area (Å²) in [5, 5.41) is 14.7. The smallest absolute Gasteiger partial charge is 0.273 e. The molecule has 0 aliphatic heterocycles. The van der Waals surface area contributed by atoms with Gasteiger partial charge in [-0.2, -0.15) is 0 Å². The summed E-state index contributed by atoms with van der Waals surface area (Å²) in [6, 6.07) is 12.1. The number of rotatable bonds is 6. The molecule has 0 aromatic heterocycles. The Labute approximate surface area is 127 Å². The van der Waals surface area contributed by atoms with Crippen molar-refractivity contribution in [3.05, 3.63) is 63.2 Å². The van der Waals surface area contributed by atoms with Crippen LogP contribution in [0.4, 0.5) is 17.1 Å². The second kappa shape index (κ2) is 6.92. The number of nitrogens with one attached hydrogen (secondary N) is 2. The van der Waals surface area contributed by atoms with E-state index in [1.54, 1.807) is 6.07 Å². The number of nitro groups is 1. The molecule has 0 saturated heterocycles. The van der Waals surface area contributed by atoms with Gasteiger partial charge in [0.25, 0.3) is 5.69 Å². The van der Waals surface area contributed by atoms with Gasteiger partial charge in [-0.25, -0.2) is 0 Å². The summed E-state index contributed by atoms with van der Waals surface area (Å²) in [6.07, 6.45) is 0.783. The number of hydrogen-bond acceptors (Lipinski definition) is 5. The van der Waals surface area contributed by atoms with Gasteiger partial charge in [-0.05, 0) is 30.2 Å². The largest absolute Gasteiger partial charge is 0.384 e. The van der Waals surface area contributed by atoms with Gasteiger partial charge in [0.15, 0.2) is 0 Å². The number of nitrogens with two attached hydrogens (primary N) is 1. The number of nitrogen functional groups attached to an aromatic ring is 1. The third-order valence-electron chi connectivity index (χ3n) is 2.95. The molecule has 7 heteroatoms. The Morgan fingerprint density at radius 1 is 1.14 bits per heavy atom. The van der Waals surface area contributed by atoms with E-state index in [0.717, 1.165) is 12.0 Å². The highest BCUT2D eigenvalue weighted by Gasteiger charge is 2.09. The molecule has 6 nitrogen and oxygen atoms in total. The van der Waals surface area contributed by atoms with Crippen LogP contribution < -0.4 is 16.6 Å². The maximum absolute atomic E-state index is 10.8. The maximum atomic E-state index is 10.8. The highest BCUT2D eigenvalue weighted by atomic mass is 35.5. The summed E-state index contributed by atoms with van der Waals surface area (Å²) in [7, 11) is 0. The molecule has 0 unspecified atom stereocenters. The van der Waals surface area contributed by atoms with E-state index in [2.05, 4.69) is 10.7 Å². The predicted molar refractivity (Wildman–Crippen MR) is 84.6 cm³/mol. The van der Waals surface area contributed by atoms with Crippen LogP contribution in [0, 0.1) is 10.1 Å². The molecular weight excluding hydrogens is 292 g/mol. The van der Waals surface area contributed by atoms with Gasteiger partial charge < -0.3 is 10.7 Å². The average molecular weight is 307 g/mol. The van der Waals surface area contributed by atoms with Gasteiger partial charge in [-0.1, -0.05) is 23.7 Å². The minimum Gasteiger partial charge on any atom is -0.384 e. The van der Waals surface area contributed by atoms with E-state index < -0.39 is 4.92 Å². The van der Waals surface area contributed by atoms with Crippen molar-refractivity contribution < 1.29 is 4.92 Å². The van der Waals surface area contributed by atoms with Gasteiger partial charge >= 0.3 is 0 Å². The first-order valence-electron chi connectivity index (χ1n) is 6.33. The standard InChI is InChI=1S/C14H15ClN4O2/c15-11-3-1-10(2-4-11)5-6-17-12-7-13(18-16)9-14(8-12)19(20)21/h1-4,7-9,17-18H,5-6,16H2. The van der Waals surface area contributed by atoms with E-state index in [-0.39, 0.29) is 5.69 Å². The van der Waals surface area contributed by atoms with Gasteiger partial charge in [-0.15, -0.1) is 0 Å². The lowest BCUT2D eigenvalue weighted by Gasteiger charge is -2.09. The maximum Gasteiger partial charge on any atom is 0.273 e. The van der Waals surface area contributed by atoms with Crippen molar-refractivity contribution in [2.24, 2.45) is 5.84 Å². The van der Waals surface area contributed by atoms with Gasteiger partial charge in [0, 0.05) is 29.4 Å². The highest BCUT2D eigenvalue weighted by molar-refractivity contribution is 6.30. The zero-order chi connectivity index (χ0) is 15.2. The molecule has 0 atom stereocenters. The lowest BCUT2D eigenvalue weighted by molar-refractivity contribution is -0.384. The molecule has 110 valence electrons. The molecule has 0 bridgehead atoms. The minimum absolute atomic E-state index is 0.0144. The SMILES string of the molecule is NNc1cc(NCCc2ccc(Cl)cc2)cc([N+](=O)[O-])c1. The van der Waals surface area contributed by atoms with Crippen molar-refractivity contribution >= 4 is 28.7 Å². The summed E-state index contributed by atoms with van der Waals surface area (Å²) < 4.78 is 0. The number of anilines is 2. The fourth-order valence-electron chi connectivity index (χ4n) is 1.90. The molecule has 0 radical (unpaired) electrons. The Bertz CT molecular complexity index is 631. The van der Waals surface area contributed by atoms with Crippen LogP contribution in [0.5, 0.6) is 0 Å². The zero-order valence-corrected chi connectivity index (χ0v) is 11.9. The van der Waals surface area contributed by atoms with E-state index in [0.29, 0.717) is 22.9 Å². The molecule has 4 N–H and O–H groups in total. The van der Waals surface area contributed by atoms with Crippen LogP contribution in [-0.4, -0.2) is 11.5 Å². The summed E-state index contributed by atoms with van der Waals surface area (Å²) in [5.74, 6) is 5.31. The molecule has 0 fully saturated rings. The van der Waals surface area contributed by atoms with Crippen molar-refractivity contribution in [2.75, 3.05) is 17.3 Å². The fraction of sp³-hybridized carbons (Fsp3) is 0.143. The Hall–Kier alpha value is -2.31. The molecule has 2 rings (SSSR count). The first kappa shape index (κ1) is 15.1. The summed E-state index contributed by atoms with van der Waals surface area (Å²) in [5.41, 5.74) is 4.67. The van der Waals surface area contributed by atoms with Gasteiger partial charge in [0.2, 0.25) is 0 Å². The van der Waals surface area contributed by atoms with Crippen LogP contribution in [-0.2, 0) is 6.42 Å². The number of hydrogen-bond donors (Lipinski definition) is 3. The van der Waals surface area contributed by atoms with Gasteiger partial charge in [0.1, 0.15) is 0 Å². The number of hydrazine groups is 1. The predicted octanol–water partition coefficient (Wildman–Crippen LogP) is 3.19. The summed E-state index contributed by atoms with van der Waals surface area (Å²) in [6.45, 7) is 0.646. The fourth-order valence-corrected chi connectivity index (χ4v) is 2.03. The van der Waals surface area contributed by atoms with Crippen LogP contribution in [0.25, 0.3) is 0 Å². The third kappa shape index (κ3) is 4.34. The molecular formula is C14H15ClN4O2. The van der Waals surface area contributed by atoms with Crippen LogP contribution in [0.15, 0.2) is 42.5 Å². The van der Waals surface area contributed by atoms with Crippen molar-refractivity contribution in [1.82, 2.24) is 0 Å². The molecule has 0 aliphatic rings. The monoisotopic (exact) mass is 306 g/mol. The molecule has 0 amide bonds. The molecule has 0 saturated carbocycles. The molecule has 0 aliphatic carbocycles. The van der Waals surface area contributed by atoms with E-state index in [4.69, 9.17) is 17.4 Å². The zero-order valence-electron chi connectivity index (χ0n) is 11.2. The number of nitro benzene ring substituents is 1. The molecule has 0 spiro atoms. The van der Waals surface area contributed by atoms with Gasteiger partial charge in [0.05, 0.1) is 10.6 Å². The van der Waals surface area contributed by atoms with Crippen LogP contribution in [0.1, 0.15) is 5.56 Å². The van der Waals surface area contributed by atoms with E-state index in [1.165, 1.54) is 12.1 Å². The quantitative estimate of drug-likeness (QED) is 0.433. The summed E-state index contributed by atoms with van der Waals surface area (Å²) in [4.78, 5) is 10.4. The first-order chi connectivity index (χ1) is 10.1. The molecule has 2 aromatic carbocycles.